The molecule has 0 atom stereocenters. The molecule has 0 bridgehead atoms. The minimum atomic E-state index is -0.106. The van der Waals surface area contributed by atoms with Gasteiger partial charge < -0.3 is 35.1 Å². The van der Waals surface area contributed by atoms with Crippen molar-refractivity contribution in [3.05, 3.63) is 18.5 Å². The van der Waals surface area contributed by atoms with E-state index in [-0.39, 0.29) is 24.1 Å². The number of carbonyl (C=O) groups is 1. The highest BCUT2D eigenvalue weighted by molar-refractivity contribution is 5.74. The molecule has 1 aliphatic carbocycles. The lowest BCUT2D eigenvalue weighted by Crippen LogP contribution is -2.53. The summed E-state index contributed by atoms with van der Waals surface area (Å²) >= 11 is 0. The molecule has 3 heterocycles. The summed E-state index contributed by atoms with van der Waals surface area (Å²) in [5, 5.41) is 2.87. The molecule has 1 saturated heterocycles. The van der Waals surface area contributed by atoms with Crippen molar-refractivity contribution in [1.82, 2.24) is 30.2 Å². The molecule has 0 spiro atoms. The summed E-state index contributed by atoms with van der Waals surface area (Å²) in [4.78, 5) is 33.6. The average molecular weight is 473 g/mol. The van der Waals surface area contributed by atoms with Gasteiger partial charge in [-0.1, -0.05) is 0 Å². The predicted octanol–water partition coefficient (Wildman–Crippen LogP) is 0.940. The van der Waals surface area contributed by atoms with Crippen LogP contribution in [0.5, 0.6) is 5.88 Å². The van der Waals surface area contributed by atoms with Gasteiger partial charge in [-0.05, 0) is 6.92 Å². The number of nitrogens with zero attached hydrogens (tertiary/aromatic N) is 6. The molecule has 34 heavy (non-hydrogen) atoms. The number of nitrogens with one attached hydrogen (secondary N) is 1. The largest absolute Gasteiger partial charge is 0.474 e. The van der Waals surface area contributed by atoms with Gasteiger partial charge in [0.2, 0.25) is 17.8 Å². The summed E-state index contributed by atoms with van der Waals surface area (Å²) in [6.07, 6.45) is 4.69. The maximum atomic E-state index is 12.3. The number of urea groups is 1. The fraction of sp³-hybridized carbons (Fsp3) is 0.591. The van der Waals surface area contributed by atoms with E-state index in [0.717, 1.165) is 18.4 Å². The third kappa shape index (κ3) is 6.00. The molecular formula is C22H32N8O4. The van der Waals surface area contributed by atoms with Crippen molar-refractivity contribution in [2.45, 2.75) is 31.9 Å². The maximum Gasteiger partial charge on any atom is 0.317 e. The number of ether oxygens (including phenoxy) is 3. The van der Waals surface area contributed by atoms with Gasteiger partial charge in [0, 0.05) is 76.2 Å². The van der Waals surface area contributed by atoms with E-state index in [9.17, 15) is 4.79 Å². The zero-order chi connectivity index (χ0) is 23.9. The third-order valence-electron chi connectivity index (χ3n) is 5.90. The number of rotatable bonds is 9. The number of anilines is 2. The zero-order valence-electron chi connectivity index (χ0n) is 19.6. The number of morpholine rings is 1. The number of carbonyl (C=O) groups excluding carboxylic acids is 1. The Morgan fingerprint density at radius 3 is 2.71 bits per heavy atom. The Morgan fingerprint density at radius 1 is 1.26 bits per heavy atom. The number of amides is 2. The minimum Gasteiger partial charge on any atom is -0.474 e. The summed E-state index contributed by atoms with van der Waals surface area (Å²) in [7, 11) is 1.80. The van der Waals surface area contributed by atoms with Gasteiger partial charge in [0.1, 0.15) is 6.10 Å². The van der Waals surface area contributed by atoms with Crippen LogP contribution < -0.4 is 20.7 Å². The summed E-state index contributed by atoms with van der Waals surface area (Å²) in [6.45, 7) is 6.22. The smallest absolute Gasteiger partial charge is 0.317 e. The number of aromatic nitrogens is 4. The van der Waals surface area contributed by atoms with Crippen molar-refractivity contribution in [3.8, 4) is 17.1 Å². The second-order valence-corrected chi connectivity index (χ2v) is 8.23. The molecule has 3 N–H and O–H groups in total. The molecule has 2 amide bonds. The lowest BCUT2D eigenvalue weighted by atomic mass is 9.88. The van der Waals surface area contributed by atoms with Crippen molar-refractivity contribution in [2.75, 3.05) is 63.7 Å². The van der Waals surface area contributed by atoms with Gasteiger partial charge in [-0.2, -0.15) is 4.98 Å². The van der Waals surface area contributed by atoms with Crippen LogP contribution in [0.1, 0.15) is 19.8 Å². The first-order valence-corrected chi connectivity index (χ1v) is 11.6. The third-order valence-corrected chi connectivity index (χ3v) is 5.90. The summed E-state index contributed by atoms with van der Waals surface area (Å²) in [5.74, 6) is 1.26. The van der Waals surface area contributed by atoms with Crippen molar-refractivity contribution in [2.24, 2.45) is 0 Å². The fourth-order valence-electron chi connectivity index (χ4n) is 3.78. The number of hydrogen-bond donors (Lipinski definition) is 2. The topological polar surface area (TPSA) is 141 Å². The average Bonchev–Trinajstić information content (AvgIpc) is 2.84. The lowest BCUT2D eigenvalue weighted by Gasteiger charge is -2.40. The Kier molecular flexibility index (Phi) is 7.91. The summed E-state index contributed by atoms with van der Waals surface area (Å²) in [6, 6.07) is 1.80. The minimum absolute atomic E-state index is 0.0355. The van der Waals surface area contributed by atoms with E-state index < -0.39 is 0 Å². The number of hydrogen-bond acceptors (Lipinski definition) is 10. The van der Waals surface area contributed by atoms with Crippen LogP contribution in [0.4, 0.5) is 16.7 Å². The van der Waals surface area contributed by atoms with Gasteiger partial charge in [-0.3, -0.25) is 0 Å². The van der Waals surface area contributed by atoms with Crippen LogP contribution in [-0.4, -0.2) is 96.1 Å². The zero-order valence-corrected chi connectivity index (χ0v) is 19.6. The van der Waals surface area contributed by atoms with Crippen LogP contribution in [0.2, 0.25) is 0 Å². The van der Waals surface area contributed by atoms with E-state index in [1.54, 1.807) is 30.4 Å². The maximum absolute atomic E-state index is 12.3. The van der Waals surface area contributed by atoms with Gasteiger partial charge in [0.15, 0.2) is 0 Å². The van der Waals surface area contributed by atoms with Crippen molar-refractivity contribution < 1.29 is 19.0 Å². The Bertz CT molecular complexity index is 948. The fourth-order valence-corrected chi connectivity index (χ4v) is 3.78. The normalized spacial score (nSPS) is 19.9. The Balaban J connectivity index is 1.40. The van der Waals surface area contributed by atoms with E-state index in [4.69, 9.17) is 24.9 Å². The van der Waals surface area contributed by atoms with Crippen molar-refractivity contribution in [1.29, 1.82) is 0 Å². The van der Waals surface area contributed by atoms with Crippen LogP contribution in [0, 0.1) is 0 Å². The number of nitrogens with two attached hydrogens (primary N) is 1. The van der Waals surface area contributed by atoms with Crippen molar-refractivity contribution in [3.63, 3.8) is 0 Å². The van der Waals surface area contributed by atoms with Gasteiger partial charge in [0.05, 0.1) is 25.5 Å². The number of nitrogen functional groups attached to an aromatic ring is 1. The lowest BCUT2D eigenvalue weighted by molar-refractivity contribution is 0.0400. The van der Waals surface area contributed by atoms with Crippen LogP contribution >= 0.6 is 0 Å². The molecule has 1 saturated carbocycles. The molecular weight excluding hydrogens is 440 g/mol. The Morgan fingerprint density at radius 2 is 2.00 bits per heavy atom. The molecule has 12 nitrogen and oxygen atoms in total. The van der Waals surface area contributed by atoms with Crippen LogP contribution in [-0.2, 0) is 9.47 Å². The van der Waals surface area contributed by atoms with Crippen molar-refractivity contribution >= 4 is 17.9 Å². The highest BCUT2D eigenvalue weighted by Gasteiger charge is 2.36. The molecule has 2 aromatic rings. The van der Waals surface area contributed by atoms with E-state index in [1.807, 2.05) is 6.92 Å². The standard InChI is InChI=1S/C22H32N8O4/c1-3-32-7-4-24-22(31)29(2)16-10-17(11-16)34-19-12-18(15-13-25-20(23)26-14-15)27-21(28-19)30-5-8-33-9-6-30/h12-14,16-17H,3-11H2,1-2H3,(H,24,31)(H2,23,25,26). The molecule has 0 radical (unpaired) electrons. The molecule has 12 heteroatoms. The summed E-state index contributed by atoms with van der Waals surface area (Å²) in [5.41, 5.74) is 7.02. The molecule has 2 aliphatic rings. The molecule has 2 fully saturated rings. The van der Waals surface area contributed by atoms with E-state index in [0.29, 0.717) is 63.6 Å². The molecule has 184 valence electrons. The van der Waals surface area contributed by atoms with Crippen LogP contribution in [0.15, 0.2) is 18.5 Å². The highest BCUT2D eigenvalue weighted by Crippen LogP contribution is 2.31. The first-order valence-electron chi connectivity index (χ1n) is 11.6. The quantitative estimate of drug-likeness (QED) is 0.507. The molecule has 2 aromatic heterocycles. The highest BCUT2D eigenvalue weighted by atomic mass is 16.5. The molecule has 1 aliphatic heterocycles. The van der Waals surface area contributed by atoms with Crippen LogP contribution in [0.3, 0.4) is 0 Å². The first kappa shape index (κ1) is 23.9. The van der Waals surface area contributed by atoms with Gasteiger partial charge in [-0.15, -0.1) is 0 Å². The van der Waals surface area contributed by atoms with Gasteiger partial charge in [0.25, 0.3) is 0 Å². The molecule has 0 unspecified atom stereocenters. The van der Waals surface area contributed by atoms with Gasteiger partial charge in [-0.25, -0.2) is 19.7 Å². The Labute approximate surface area is 198 Å². The van der Waals surface area contributed by atoms with E-state index in [1.165, 1.54) is 0 Å². The molecule has 4 rings (SSSR count). The second-order valence-electron chi connectivity index (χ2n) is 8.23. The van der Waals surface area contributed by atoms with Crippen LogP contribution in [0.25, 0.3) is 11.3 Å². The van der Waals surface area contributed by atoms with E-state index >= 15 is 0 Å². The SMILES string of the molecule is CCOCCNC(=O)N(C)C1CC(Oc2cc(-c3cnc(N)nc3)nc(N3CCOCC3)n2)C1. The Hall–Kier alpha value is -3.25. The second kappa shape index (κ2) is 11.3. The van der Waals surface area contributed by atoms with Gasteiger partial charge >= 0.3 is 6.03 Å². The summed E-state index contributed by atoms with van der Waals surface area (Å²) < 4.78 is 16.9. The first-order chi connectivity index (χ1) is 16.5. The van der Waals surface area contributed by atoms with E-state index in [2.05, 4.69) is 25.2 Å². The molecule has 0 aromatic carbocycles. The monoisotopic (exact) mass is 472 g/mol. The predicted molar refractivity (Wildman–Crippen MR) is 126 cm³/mol.